The molecule has 1 rings (SSSR count). The number of hydrogen-bond donors (Lipinski definition) is 1. The van der Waals surface area contributed by atoms with Gasteiger partial charge >= 0.3 is 0 Å². The molecule has 0 heterocycles. The molecule has 66 valence electrons. The van der Waals surface area contributed by atoms with Crippen molar-refractivity contribution < 1.29 is 8.76 Å². The van der Waals surface area contributed by atoms with Gasteiger partial charge in [0.1, 0.15) is 0 Å². The smallest absolute Gasteiger partial charge is 0.186 e. The fraction of sp³-hybridized carbons (Fsp3) is 0.333. The topological polar surface area (TPSA) is 37.3 Å². The van der Waals surface area contributed by atoms with Gasteiger partial charge in [-0.15, -0.1) is 0 Å². The van der Waals surface area contributed by atoms with Crippen LogP contribution in [0.25, 0.3) is 0 Å². The Morgan fingerprint density at radius 2 is 2.17 bits per heavy atom. The van der Waals surface area contributed by atoms with Crippen molar-refractivity contribution in [3.8, 4) is 0 Å². The molecule has 0 aliphatic heterocycles. The Bertz CT molecular complexity index is 307. The lowest BCUT2D eigenvalue weighted by Gasteiger charge is -2.03. The average Bonchev–Trinajstić information content (AvgIpc) is 2.05. The molecule has 0 aliphatic carbocycles. The van der Waals surface area contributed by atoms with Gasteiger partial charge < -0.3 is 4.55 Å². The summed E-state index contributed by atoms with van der Waals surface area (Å²) in [6.07, 6.45) is 0.900. The van der Waals surface area contributed by atoms with Gasteiger partial charge in [0.25, 0.3) is 0 Å². The summed E-state index contributed by atoms with van der Waals surface area (Å²) in [5.41, 5.74) is 2.31. The van der Waals surface area contributed by atoms with E-state index in [-0.39, 0.29) is 0 Å². The van der Waals surface area contributed by atoms with Crippen molar-refractivity contribution in [1.29, 1.82) is 0 Å². The van der Waals surface area contributed by atoms with Crippen molar-refractivity contribution in [2.75, 3.05) is 0 Å². The van der Waals surface area contributed by atoms with Crippen LogP contribution < -0.4 is 0 Å². The molecule has 0 bridgehead atoms. The van der Waals surface area contributed by atoms with Crippen molar-refractivity contribution in [1.82, 2.24) is 0 Å². The maximum atomic E-state index is 10.7. The zero-order valence-electron chi connectivity index (χ0n) is 7.20. The molecule has 0 spiro atoms. The molecule has 3 heteroatoms. The second kappa shape index (κ2) is 3.83. The molecule has 1 atom stereocenters. The molecule has 0 radical (unpaired) electrons. The molecule has 0 amide bonds. The number of benzene rings is 1. The Labute approximate surface area is 74.9 Å². The molecular weight excluding hydrogens is 172 g/mol. The molecule has 1 aromatic rings. The standard InChI is InChI=1S/C9H12O2S/c1-3-8-6-9(12(10)11)5-4-7(8)2/h4-6H,3H2,1-2H3,(H,10,11). The highest BCUT2D eigenvalue weighted by atomic mass is 32.2. The number of rotatable bonds is 2. The zero-order chi connectivity index (χ0) is 9.14. The van der Waals surface area contributed by atoms with Crippen LogP contribution in [0, 0.1) is 6.92 Å². The van der Waals surface area contributed by atoms with E-state index in [2.05, 4.69) is 0 Å². The van der Waals surface area contributed by atoms with Crippen LogP contribution >= 0.6 is 0 Å². The average molecular weight is 184 g/mol. The fourth-order valence-corrected chi connectivity index (χ4v) is 1.56. The van der Waals surface area contributed by atoms with Crippen LogP contribution in [0.2, 0.25) is 0 Å². The van der Waals surface area contributed by atoms with Gasteiger partial charge in [0.05, 0.1) is 4.90 Å². The van der Waals surface area contributed by atoms with E-state index >= 15 is 0 Å². The molecule has 12 heavy (non-hydrogen) atoms. The second-order valence-corrected chi connectivity index (χ2v) is 3.66. The molecule has 0 fully saturated rings. The van der Waals surface area contributed by atoms with Crippen LogP contribution in [0.5, 0.6) is 0 Å². The maximum absolute atomic E-state index is 10.7. The third-order valence-corrected chi connectivity index (χ3v) is 2.56. The van der Waals surface area contributed by atoms with Crippen LogP contribution in [0.1, 0.15) is 18.1 Å². The Hall–Kier alpha value is -0.670. The molecule has 0 aliphatic rings. The van der Waals surface area contributed by atoms with Crippen LogP contribution in [0.4, 0.5) is 0 Å². The highest BCUT2D eigenvalue weighted by Crippen LogP contribution is 2.13. The second-order valence-electron chi connectivity index (χ2n) is 2.69. The first-order valence-electron chi connectivity index (χ1n) is 3.85. The summed E-state index contributed by atoms with van der Waals surface area (Å²) in [4.78, 5) is 0.484. The zero-order valence-corrected chi connectivity index (χ0v) is 8.02. The van der Waals surface area contributed by atoms with E-state index in [0.29, 0.717) is 4.90 Å². The van der Waals surface area contributed by atoms with Crippen molar-refractivity contribution in [2.24, 2.45) is 0 Å². The molecule has 1 unspecified atom stereocenters. The van der Waals surface area contributed by atoms with Gasteiger partial charge in [0, 0.05) is 0 Å². The summed E-state index contributed by atoms with van der Waals surface area (Å²) in [6, 6.07) is 5.35. The van der Waals surface area contributed by atoms with E-state index < -0.39 is 11.1 Å². The molecule has 0 aromatic heterocycles. The third-order valence-electron chi connectivity index (χ3n) is 1.90. The minimum Gasteiger partial charge on any atom is -0.302 e. The van der Waals surface area contributed by atoms with E-state index in [9.17, 15) is 4.21 Å². The summed E-state index contributed by atoms with van der Waals surface area (Å²) in [7, 11) is 0. The van der Waals surface area contributed by atoms with Gasteiger partial charge in [0.15, 0.2) is 11.1 Å². The predicted octanol–water partition coefficient (Wildman–Crippen LogP) is 2.14. The lowest BCUT2D eigenvalue weighted by molar-refractivity contribution is 0.564. The highest BCUT2D eigenvalue weighted by molar-refractivity contribution is 7.79. The summed E-state index contributed by atoms with van der Waals surface area (Å²) in [6.45, 7) is 4.04. The van der Waals surface area contributed by atoms with Gasteiger partial charge in [-0.2, -0.15) is 0 Å². The van der Waals surface area contributed by atoms with E-state index in [1.165, 1.54) is 5.56 Å². The Balaban J connectivity index is 3.13. The molecular formula is C9H12O2S. The summed E-state index contributed by atoms with van der Waals surface area (Å²) < 4.78 is 19.5. The van der Waals surface area contributed by atoms with Crippen LogP contribution in [-0.4, -0.2) is 8.76 Å². The Morgan fingerprint density at radius 1 is 1.50 bits per heavy atom. The van der Waals surface area contributed by atoms with Gasteiger partial charge in [-0.1, -0.05) is 13.0 Å². The van der Waals surface area contributed by atoms with Crippen molar-refractivity contribution in [2.45, 2.75) is 25.2 Å². The van der Waals surface area contributed by atoms with Crippen LogP contribution in [0.15, 0.2) is 23.1 Å². The van der Waals surface area contributed by atoms with E-state index in [4.69, 9.17) is 4.55 Å². The van der Waals surface area contributed by atoms with E-state index in [0.717, 1.165) is 12.0 Å². The van der Waals surface area contributed by atoms with Crippen LogP contribution in [-0.2, 0) is 17.5 Å². The Morgan fingerprint density at radius 3 is 2.67 bits per heavy atom. The first-order valence-corrected chi connectivity index (χ1v) is 4.96. The highest BCUT2D eigenvalue weighted by Gasteiger charge is 2.02. The molecule has 2 nitrogen and oxygen atoms in total. The molecule has 0 saturated carbocycles. The summed E-state index contributed by atoms with van der Waals surface area (Å²) in [5.74, 6) is 0. The molecule has 1 aromatic carbocycles. The number of aryl methyl sites for hydroxylation is 2. The van der Waals surface area contributed by atoms with E-state index in [1.54, 1.807) is 12.1 Å². The SMILES string of the molecule is CCc1cc(S(=O)O)ccc1C. The normalized spacial score (nSPS) is 12.9. The number of hydrogen-bond acceptors (Lipinski definition) is 1. The first kappa shape index (κ1) is 9.42. The monoisotopic (exact) mass is 184 g/mol. The lowest BCUT2D eigenvalue weighted by Crippen LogP contribution is -1.92. The predicted molar refractivity (Wildman–Crippen MR) is 49.6 cm³/mol. The summed E-state index contributed by atoms with van der Waals surface area (Å²) in [5, 5.41) is 0. The van der Waals surface area contributed by atoms with Gasteiger partial charge in [-0.3, -0.25) is 0 Å². The van der Waals surface area contributed by atoms with Crippen molar-refractivity contribution in [3.05, 3.63) is 29.3 Å². The minimum atomic E-state index is -1.85. The molecule has 0 saturated heterocycles. The Kier molecular flexibility index (Phi) is 3.00. The van der Waals surface area contributed by atoms with Crippen molar-refractivity contribution >= 4 is 11.1 Å². The third kappa shape index (κ3) is 1.93. The van der Waals surface area contributed by atoms with Crippen LogP contribution in [0.3, 0.4) is 0 Å². The van der Waals surface area contributed by atoms with Gasteiger partial charge in [-0.25, -0.2) is 4.21 Å². The van der Waals surface area contributed by atoms with Gasteiger partial charge in [-0.05, 0) is 36.6 Å². The summed E-state index contributed by atoms with van der Waals surface area (Å²) >= 11 is -1.85. The fourth-order valence-electron chi connectivity index (χ4n) is 1.14. The van der Waals surface area contributed by atoms with Gasteiger partial charge in [0.2, 0.25) is 0 Å². The largest absolute Gasteiger partial charge is 0.302 e. The lowest BCUT2D eigenvalue weighted by atomic mass is 10.1. The van der Waals surface area contributed by atoms with Crippen molar-refractivity contribution in [3.63, 3.8) is 0 Å². The minimum absolute atomic E-state index is 0.484. The van der Waals surface area contributed by atoms with E-state index in [1.807, 2.05) is 19.9 Å². The quantitative estimate of drug-likeness (QED) is 0.715. The maximum Gasteiger partial charge on any atom is 0.186 e. The molecule has 1 N–H and O–H groups in total. The first-order chi connectivity index (χ1) is 5.65.